The van der Waals surface area contributed by atoms with Crippen LogP contribution in [0.25, 0.3) is 0 Å². The molecule has 118 valence electrons. The van der Waals surface area contributed by atoms with E-state index in [0.29, 0.717) is 17.0 Å². The number of anilines is 1. The van der Waals surface area contributed by atoms with Gasteiger partial charge in [-0.3, -0.25) is 9.79 Å². The molecule has 0 spiro atoms. The van der Waals surface area contributed by atoms with E-state index in [2.05, 4.69) is 4.99 Å². The number of halogens is 2. The Labute approximate surface area is 132 Å². The van der Waals surface area contributed by atoms with Crippen LogP contribution in [0.1, 0.15) is 11.1 Å². The van der Waals surface area contributed by atoms with Gasteiger partial charge >= 0.3 is 0 Å². The fraction of sp³-hybridized carbons (Fsp3) is 0.176. The Hall–Kier alpha value is -2.76. The van der Waals surface area contributed by atoms with E-state index in [1.807, 2.05) is 0 Å². The van der Waals surface area contributed by atoms with Crippen LogP contribution in [0.15, 0.2) is 41.4 Å². The van der Waals surface area contributed by atoms with Gasteiger partial charge in [0.15, 0.2) is 0 Å². The number of aliphatic imine (C=N–C) groups is 1. The van der Waals surface area contributed by atoms with Gasteiger partial charge in [0.1, 0.15) is 23.9 Å². The number of hydrogen-bond acceptors (Lipinski definition) is 3. The Bertz CT molecular complexity index is 818. The Morgan fingerprint density at radius 1 is 1.13 bits per heavy atom. The summed E-state index contributed by atoms with van der Waals surface area (Å²) in [6.45, 7) is -0.140. The normalized spacial score (nSPS) is 14.2. The fourth-order valence-corrected chi connectivity index (χ4v) is 2.51. The summed E-state index contributed by atoms with van der Waals surface area (Å²) in [6, 6.07) is 8.22. The van der Waals surface area contributed by atoms with Crippen LogP contribution < -0.4 is 9.64 Å². The molecule has 3 rings (SSSR count). The predicted octanol–water partition coefficient (Wildman–Crippen LogP) is 2.79. The molecule has 0 radical (unpaired) electrons. The molecule has 6 heteroatoms. The number of hydrogen-bond donors (Lipinski definition) is 0. The number of carbonyl (C=O) groups is 1. The average Bonchev–Trinajstić information content (AvgIpc) is 2.66. The van der Waals surface area contributed by atoms with Gasteiger partial charge in [0.25, 0.3) is 0 Å². The molecule has 1 aliphatic rings. The summed E-state index contributed by atoms with van der Waals surface area (Å²) >= 11 is 0. The SMILES string of the molecule is COc1ccc(F)c(C2=NCC(=O)N(C)c3ccc(F)cc32)c1. The highest BCUT2D eigenvalue weighted by Crippen LogP contribution is 2.29. The Morgan fingerprint density at radius 3 is 2.65 bits per heavy atom. The lowest BCUT2D eigenvalue weighted by Gasteiger charge is -2.18. The van der Waals surface area contributed by atoms with Crippen molar-refractivity contribution in [1.82, 2.24) is 0 Å². The molecule has 0 fully saturated rings. The zero-order valence-electron chi connectivity index (χ0n) is 12.6. The summed E-state index contributed by atoms with van der Waals surface area (Å²) in [6.07, 6.45) is 0. The van der Waals surface area contributed by atoms with Crippen LogP contribution in [0.5, 0.6) is 5.75 Å². The Morgan fingerprint density at radius 2 is 1.91 bits per heavy atom. The lowest BCUT2D eigenvalue weighted by molar-refractivity contribution is -0.116. The summed E-state index contributed by atoms with van der Waals surface area (Å²) < 4.78 is 33.1. The van der Waals surface area contributed by atoms with Gasteiger partial charge in [0, 0.05) is 18.2 Å². The average molecular weight is 316 g/mol. The minimum Gasteiger partial charge on any atom is -0.497 e. The van der Waals surface area contributed by atoms with Crippen molar-refractivity contribution in [2.75, 3.05) is 25.6 Å². The minimum atomic E-state index is -0.517. The second-order valence-electron chi connectivity index (χ2n) is 5.12. The first-order valence-electron chi connectivity index (χ1n) is 6.96. The molecule has 23 heavy (non-hydrogen) atoms. The second-order valence-corrected chi connectivity index (χ2v) is 5.12. The van der Waals surface area contributed by atoms with E-state index in [-0.39, 0.29) is 23.7 Å². The predicted molar refractivity (Wildman–Crippen MR) is 83.3 cm³/mol. The van der Waals surface area contributed by atoms with Crippen molar-refractivity contribution in [3.05, 3.63) is 59.2 Å². The van der Waals surface area contributed by atoms with E-state index in [1.54, 1.807) is 7.05 Å². The van der Waals surface area contributed by atoms with Crippen molar-refractivity contribution < 1.29 is 18.3 Å². The summed E-state index contributed by atoms with van der Waals surface area (Å²) in [5.41, 5.74) is 1.24. The lowest BCUT2D eigenvalue weighted by atomic mass is 9.99. The van der Waals surface area contributed by atoms with Gasteiger partial charge in [0.2, 0.25) is 5.91 Å². The van der Waals surface area contributed by atoms with Crippen LogP contribution in [-0.2, 0) is 4.79 Å². The highest BCUT2D eigenvalue weighted by atomic mass is 19.1. The van der Waals surface area contributed by atoms with Crippen LogP contribution >= 0.6 is 0 Å². The molecule has 0 unspecified atom stereocenters. The number of rotatable bonds is 2. The van der Waals surface area contributed by atoms with Gasteiger partial charge in [0.05, 0.1) is 18.5 Å². The molecule has 0 saturated carbocycles. The topological polar surface area (TPSA) is 41.9 Å². The molecule has 0 aromatic heterocycles. The summed E-state index contributed by atoms with van der Waals surface area (Å²) in [4.78, 5) is 17.7. The third-order valence-corrected chi connectivity index (χ3v) is 3.75. The van der Waals surface area contributed by atoms with Crippen molar-refractivity contribution in [3.63, 3.8) is 0 Å². The monoisotopic (exact) mass is 316 g/mol. The molecule has 1 aliphatic heterocycles. The molecular weight excluding hydrogens is 302 g/mol. The highest BCUT2D eigenvalue weighted by molar-refractivity contribution is 6.19. The Balaban J connectivity index is 2.25. The van der Waals surface area contributed by atoms with Gasteiger partial charge in [-0.1, -0.05) is 0 Å². The molecule has 0 saturated heterocycles. The number of amides is 1. The molecule has 2 aromatic carbocycles. The molecule has 4 nitrogen and oxygen atoms in total. The van der Waals surface area contributed by atoms with Gasteiger partial charge in [-0.2, -0.15) is 0 Å². The second kappa shape index (κ2) is 5.79. The first kappa shape index (κ1) is 15.1. The smallest absolute Gasteiger partial charge is 0.248 e. The summed E-state index contributed by atoms with van der Waals surface area (Å²) in [5.74, 6) is -0.804. The molecular formula is C17H14F2N2O2. The molecule has 1 amide bonds. The maximum Gasteiger partial charge on any atom is 0.248 e. The fourth-order valence-electron chi connectivity index (χ4n) is 2.51. The number of nitrogens with zero attached hydrogens (tertiary/aromatic N) is 2. The number of benzene rings is 2. The van der Waals surface area contributed by atoms with Crippen molar-refractivity contribution in [3.8, 4) is 5.75 Å². The van der Waals surface area contributed by atoms with Crippen LogP contribution in [0.2, 0.25) is 0 Å². The van der Waals surface area contributed by atoms with Gasteiger partial charge in [-0.25, -0.2) is 8.78 Å². The van der Waals surface area contributed by atoms with Crippen LogP contribution in [-0.4, -0.2) is 32.3 Å². The third kappa shape index (κ3) is 2.67. The number of fused-ring (bicyclic) bond motifs is 1. The molecule has 0 bridgehead atoms. The van der Waals surface area contributed by atoms with Crippen LogP contribution in [0.4, 0.5) is 14.5 Å². The van der Waals surface area contributed by atoms with Crippen LogP contribution in [0, 0.1) is 11.6 Å². The van der Waals surface area contributed by atoms with E-state index in [9.17, 15) is 13.6 Å². The van der Waals surface area contributed by atoms with Crippen LogP contribution in [0.3, 0.4) is 0 Å². The molecule has 1 heterocycles. The maximum absolute atomic E-state index is 14.3. The molecule has 0 atom stereocenters. The standard InChI is InChI=1S/C17H14F2N2O2/c1-21-15-6-3-10(18)7-13(15)17(20-9-16(21)22)12-8-11(23-2)4-5-14(12)19/h3-8H,9H2,1-2H3. The maximum atomic E-state index is 14.3. The van der Waals surface area contributed by atoms with Crippen molar-refractivity contribution in [2.45, 2.75) is 0 Å². The van der Waals surface area contributed by atoms with E-state index < -0.39 is 11.6 Å². The zero-order valence-corrected chi connectivity index (χ0v) is 12.6. The summed E-state index contributed by atoms with van der Waals surface area (Å²) in [7, 11) is 3.05. The van der Waals surface area contributed by atoms with Crippen molar-refractivity contribution in [1.29, 1.82) is 0 Å². The van der Waals surface area contributed by atoms with Crippen molar-refractivity contribution >= 4 is 17.3 Å². The molecule has 2 aromatic rings. The number of ether oxygens (including phenoxy) is 1. The number of likely N-dealkylation sites (N-methyl/N-ethyl adjacent to an activating group) is 1. The van der Waals surface area contributed by atoms with E-state index in [1.165, 1.54) is 48.4 Å². The van der Waals surface area contributed by atoms with E-state index in [4.69, 9.17) is 4.74 Å². The van der Waals surface area contributed by atoms with Gasteiger partial charge in [-0.05, 0) is 36.4 Å². The largest absolute Gasteiger partial charge is 0.497 e. The molecule has 0 aliphatic carbocycles. The minimum absolute atomic E-state index is 0.140. The quantitative estimate of drug-likeness (QED) is 0.855. The summed E-state index contributed by atoms with van der Waals surface area (Å²) in [5, 5.41) is 0. The first-order valence-corrected chi connectivity index (χ1v) is 6.96. The number of methoxy groups -OCH3 is 1. The Kier molecular flexibility index (Phi) is 3.82. The van der Waals surface area contributed by atoms with Crippen molar-refractivity contribution in [2.24, 2.45) is 4.99 Å². The third-order valence-electron chi connectivity index (χ3n) is 3.75. The van der Waals surface area contributed by atoms with Gasteiger partial charge in [-0.15, -0.1) is 0 Å². The zero-order chi connectivity index (χ0) is 16.6. The highest BCUT2D eigenvalue weighted by Gasteiger charge is 2.24. The number of benzodiazepines with no additional fused rings is 1. The van der Waals surface area contributed by atoms with E-state index in [0.717, 1.165) is 0 Å². The lowest BCUT2D eigenvalue weighted by Crippen LogP contribution is -2.27. The number of carbonyl (C=O) groups excluding carboxylic acids is 1. The van der Waals surface area contributed by atoms with E-state index >= 15 is 0 Å². The molecule has 0 N–H and O–H groups in total. The van der Waals surface area contributed by atoms with Gasteiger partial charge < -0.3 is 9.64 Å². The first-order chi connectivity index (χ1) is 11.0.